The maximum atomic E-state index is 12.2. The van der Waals surface area contributed by atoms with Crippen LogP contribution in [-0.4, -0.2) is 47.6 Å². The summed E-state index contributed by atoms with van der Waals surface area (Å²) in [6, 6.07) is 8.80. The van der Waals surface area contributed by atoms with Crippen LogP contribution in [-0.2, 0) is 4.74 Å². The molecule has 0 bridgehead atoms. The molecule has 1 amide bonds. The molecule has 0 radical (unpaired) electrons. The lowest BCUT2D eigenvalue weighted by atomic mass is 10.0. The second-order valence-electron chi connectivity index (χ2n) is 7.53. The predicted molar refractivity (Wildman–Crippen MR) is 101 cm³/mol. The van der Waals surface area contributed by atoms with E-state index in [1.807, 2.05) is 31.7 Å². The van der Waals surface area contributed by atoms with E-state index >= 15 is 0 Å². The highest BCUT2D eigenvalue weighted by atomic mass is 32.1. The Morgan fingerprint density at radius 3 is 2.58 bits per heavy atom. The maximum Gasteiger partial charge on any atom is 0.410 e. The number of ether oxygens (including phenoxy) is 1. The third kappa shape index (κ3) is 3.91. The van der Waals surface area contributed by atoms with Crippen molar-refractivity contribution in [2.45, 2.75) is 50.6 Å². The smallest absolute Gasteiger partial charge is 0.410 e. The van der Waals surface area contributed by atoms with Gasteiger partial charge < -0.3 is 19.9 Å². The minimum atomic E-state index is -0.440. The van der Waals surface area contributed by atoms with Crippen molar-refractivity contribution in [3.8, 4) is 0 Å². The van der Waals surface area contributed by atoms with Crippen LogP contribution in [0.1, 0.15) is 33.6 Å². The summed E-state index contributed by atoms with van der Waals surface area (Å²) in [5.74, 6) is 0. The number of piperidine rings is 1. The summed E-state index contributed by atoms with van der Waals surface area (Å²) in [4.78, 5) is 16.5. The highest BCUT2D eigenvalue weighted by Crippen LogP contribution is 2.35. The zero-order chi connectivity index (χ0) is 17.3. The van der Waals surface area contributed by atoms with Gasteiger partial charge in [-0.2, -0.15) is 12.6 Å². The summed E-state index contributed by atoms with van der Waals surface area (Å²) in [6.45, 7) is 8.06. The standard InChI is InChI=1S/C18H27N3O2S/c1-18(2,3)23-17(22)20-10-8-13(9-11-20)21-12-16(24)19-14-6-4-5-7-15(14)21/h4-7,13,16,19,24H,8-12H2,1-3H3. The number of benzene rings is 1. The van der Waals surface area contributed by atoms with Crippen LogP contribution in [0.15, 0.2) is 24.3 Å². The first-order valence-corrected chi connectivity index (χ1v) is 9.13. The van der Waals surface area contributed by atoms with E-state index in [1.165, 1.54) is 5.69 Å². The SMILES string of the molecule is CC(C)(C)OC(=O)N1CCC(N2CC(S)Nc3ccccc32)CC1. The fourth-order valence-corrected chi connectivity index (χ4v) is 3.70. The number of thiol groups is 1. The average molecular weight is 350 g/mol. The first-order valence-electron chi connectivity index (χ1n) is 8.62. The molecule has 0 aromatic heterocycles. The molecule has 24 heavy (non-hydrogen) atoms. The van der Waals surface area contributed by atoms with Gasteiger partial charge in [0.05, 0.1) is 16.7 Å². The zero-order valence-electron chi connectivity index (χ0n) is 14.7. The van der Waals surface area contributed by atoms with E-state index in [9.17, 15) is 4.79 Å². The number of nitrogens with zero attached hydrogens (tertiary/aromatic N) is 2. The number of nitrogens with one attached hydrogen (secondary N) is 1. The number of rotatable bonds is 1. The van der Waals surface area contributed by atoms with Crippen molar-refractivity contribution in [1.82, 2.24) is 4.90 Å². The number of para-hydroxylation sites is 2. The van der Waals surface area contributed by atoms with E-state index in [2.05, 4.69) is 41.0 Å². The molecule has 1 aromatic carbocycles. The number of anilines is 2. The minimum absolute atomic E-state index is 0.129. The van der Waals surface area contributed by atoms with Crippen molar-refractivity contribution in [2.75, 3.05) is 29.9 Å². The molecule has 1 saturated heterocycles. The van der Waals surface area contributed by atoms with Crippen molar-refractivity contribution >= 4 is 30.1 Å². The fourth-order valence-electron chi connectivity index (χ4n) is 3.39. The zero-order valence-corrected chi connectivity index (χ0v) is 15.6. The molecule has 1 atom stereocenters. The Morgan fingerprint density at radius 1 is 1.25 bits per heavy atom. The molecular formula is C18H27N3O2S. The number of carbonyl (C=O) groups is 1. The summed E-state index contributed by atoms with van der Waals surface area (Å²) in [5.41, 5.74) is 1.93. The van der Waals surface area contributed by atoms with Gasteiger partial charge in [-0.25, -0.2) is 4.79 Å². The molecule has 132 valence electrons. The van der Waals surface area contributed by atoms with E-state index in [0.29, 0.717) is 6.04 Å². The van der Waals surface area contributed by atoms with Gasteiger partial charge in [-0.15, -0.1) is 0 Å². The molecule has 6 heteroatoms. The van der Waals surface area contributed by atoms with Gasteiger partial charge in [0, 0.05) is 25.7 Å². The van der Waals surface area contributed by atoms with Crippen molar-refractivity contribution in [3.63, 3.8) is 0 Å². The lowest BCUT2D eigenvalue weighted by molar-refractivity contribution is 0.0204. The van der Waals surface area contributed by atoms with Crippen LogP contribution < -0.4 is 10.2 Å². The summed E-state index contributed by atoms with van der Waals surface area (Å²) in [5, 5.41) is 3.55. The Hall–Kier alpha value is -1.56. The molecule has 5 nitrogen and oxygen atoms in total. The molecule has 0 spiro atoms. The van der Waals surface area contributed by atoms with Gasteiger partial charge in [-0.1, -0.05) is 12.1 Å². The molecule has 0 saturated carbocycles. The molecular weight excluding hydrogens is 322 g/mol. The molecule has 3 rings (SSSR count). The molecule has 1 fully saturated rings. The second kappa shape index (κ2) is 6.75. The normalized spacial score (nSPS) is 21.9. The Kier molecular flexibility index (Phi) is 4.85. The minimum Gasteiger partial charge on any atom is -0.444 e. The number of hydrogen-bond acceptors (Lipinski definition) is 5. The van der Waals surface area contributed by atoms with Crippen molar-refractivity contribution in [1.29, 1.82) is 0 Å². The molecule has 2 heterocycles. The number of amides is 1. The lowest BCUT2D eigenvalue weighted by Crippen LogP contribution is -2.51. The van der Waals surface area contributed by atoms with E-state index in [0.717, 1.165) is 38.2 Å². The van der Waals surface area contributed by atoms with Crippen LogP contribution in [0.4, 0.5) is 16.2 Å². The van der Waals surface area contributed by atoms with Crippen LogP contribution in [0.3, 0.4) is 0 Å². The van der Waals surface area contributed by atoms with Crippen molar-refractivity contribution in [2.24, 2.45) is 0 Å². The number of fused-ring (bicyclic) bond motifs is 1. The topological polar surface area (TPSA) is 44.8 Å². The largest absolute Gasteiger partial charge is 0.444 e. The van der Waals surface area contributed by atoms with E-state index in [4.69, 9.17) is 4.74 Å². The van der Waals surface area contributed by atoms with E-state index < -0.39 is 5.60 Å². The highest BCUT2D eigenvalue weighted by Gasteiger charge is 2.32. The van der Waals surface area contributed by atoms with E-state index in [-0.39, 0.29) is 11.5 Å². The predicted octanol–water partition coefficient (Wildman–Crippen LogP) is 3.57. The van der Waals surface area contributed by atoms with Gasteiger partial charge in [-0.05, 0) is 45.7 Å². The fraction of sp³-hybridized carbons (Fsp3) is 0.611. The van der Waals surface area contributed by atoms with E-state index in [1.54, 1.807) is 0 Å². The second-order valence-corrected chi connectivity index (χ2v) is 8.15. The Balaban J connectivity index is 1.64. The molecule has 0 aliphatic carbocycles. The van der Waals surface area contributed by atoms with Crippen LogP contribution >= 0.6 is 12.6 Å². The van der Waals surface area contributed by atoms with Gasteiger partial charge in [0.25, 0.3) is 0 Å². The number of hydrogen-bond donors (Lipinski definition) is 2. The van der Waals surface area contributed by atoms with Gasteiger partial charge in [0.15, 0.2) is 0 Å². The summed E-state index contributed by atoms with van der Waals surface area (Å²) in [7, 11) is 0. The third-order valence-electron chi connectivity index (χ3n) is 4.46. The van der Waals surface area contributed by atoms with Gasteiger partial charge in [0.1, 0.15) is 5.60 Å². The molecule has 2 aliphatic rings. The first kappa shape index (κ1) is 17.3. The summed E-state index contributed by atoms with van der Waals surface area (Å²) >= 11 is 4.62. The summed E-state index contributed by atoms with van der Waals surface area (Å²) in [6.07, 6.45) is 1.70. The molecule has 1 N–H and O–H groups in total. The molecule has 1 aromatic rings. The Labute approximate surface area is 149 Å². The molecule has 1 unspecified atom stereocenters. The van der Waals surface area contributed by atoms with Gasteiger partial charge in [-0.3, -0.25) is 0 Å². The monoisotopic (exact) mass is 349 g/mol. The van der Waals surface area contributed by atoms with Crippen LogP contribution in [0.5, 0.6) is 0 Å². The van der Waals surface area contributed by atoms with Gasteiger partial charge in [0.2, 0.25) is 0 Å². The third-order valence-corrected chi connectivity index (χ3v) is 4.75. The summed E-state index contributed by atoms with van der Waals surface area (Å²) < 4.78 is 5.48. The lowest BCUT2D eigenvalue weighted by Gasteiger charge is -2.44. The van der Waals surface area contributed by atoms with Crippen LogP contribution in [0.25, 0.3) is 0 Å². The van der Waals surface area contributed by atoms with Crippen LogP contribution in [0, 0.1) is 0 Å². The van der Waals surface area contributed by atoms with Crippen molar-refractivity contribution < 1.29 is 9.53 Å². The quantitative estimate of drug-likeness (QED) is 0.761. The van der Waals surface area contributed by atoms with Crippen LogP contribution in [0.2, 0.25) is 0 Å². The number of carbonyl (C=O) groups excluding carboxylic acids is 1. The number of likely N-dealkylation sites (tertiary alicyclic amines) is 1. The van der Waals surface area contributed by atoms with Gasteiger partial charge >= 0.3 is 6.09 Å². The Bertz CT molecular complexity index is 594. The Morgan fingerprint density at radius 2 is 1.92 bits per heavy atom. The maximum absolute atomic E-state index is 12.2. The van der Waals surface area contributed by atoms with Crippen molar-refractivity contribution in [3.05, 3.63) is 24.3 Å². The molecule has 2 aliphatic heterocycles. The highest BCUT2D eigenvalue weighted by molar-refractivity contribution is 7.81. The average Bonchev–Trinajstić information content (AvgIpc) is 2.52. The first-order chi connectivity index (χ1) is 11.3.